The lowest BCUT2D eigenvalue weighted by Crippen LogP contribution is -2.15. The molecule has 0 atom stereocenters. The molecule has 2 aromatic carbocycles. The Hall–Kier alpha value is -3.86. The minimum atomic E-state index is -0.774. The first-order chi connectivity index (χ1) is 17.4. The van der Waals surface area contributed by atoms with Crippen LogP contribution in [0.3, 0.4) is 0 Å². The van der Waals surface area contributed by atoms with E-state index in [1.54, 1.807) is 50.2 Å². The van der Waals surface area contributed by atoms with Gasteiger partial charge in [-0.15, -0.1) is 0 Å². The van der Waals surface area contributed by atoms with Crippen molar-refractivity contribution < 1.29 is 38.1 Å². The second-order valence-electron chi connectivity index (χ2n) is 7.11. The Labute approximate surface area is 216 Å². The van der Waals surface area contributed by atoms with E-state index in [1.807, 2.05) is 6.07 Å². The lowest BCUT2D eigenvalue weighted by atomic mass is 10.0. The standard InChI is InChI=1S/C25H25BrN2O8/c1-5-34-18-13-15(12-17(26)23(18)36-14-19(29)35-6-2)21-20(24(30)32-3)22(25(31)33-4)28(27-21)16-10-8-7-9-11-16/h7-13H,5-6,14H2,1-4H3. The van der Waals surface area contributed by atoms with E-state index in [2.05, 4.69) is 21.0 Å². The zero-order chi connectivity index (χ0) is 26.2. The summed E-state index contributed by atoms with van der Waals surface area (Å²) in [5.41, 5.74) is 0.941. The van der Waals surface area contributed by atoms with Gasteiger partial charge in [0.2, 0.25) is 0 Å². The zero-order valence-corrected chi connectivity index (χ0v) is 21.8. The van der Waals surface area contributed by atoms with Crippen molar-refractivity contribution in [2.24, 2.45) is 0 Å². The maximum absolute atomic E-state index is 12.9. The van der Waals surface area contributed by atoms with Crippen molar-refractivity contribution in [2.75, 3.05) is 34.0 Å². The highest BCUT2D eigenvalue weighted by molar-refractivity contribution is 9.10. The third-order valence-electron chi connectivity index (χ3n) is 4.88. The second kappa shape index (κ2) is 12.2. The quantitative estimate of drug-likeness (QED) is 0.265. The van der Waals surface area contributed by atoms with E-state index >= 15 is 0 Å². The number of halogens is 1. The lowest BCUT2D eigenvalue weighted by molar-refractivity contribution is -0.145. The van der Waals surface area contributed by atoms with Gasteiger partial charge in [0.05, 0.1) is 37.6 Å². The van der Waals surface area contributed by atoms with Crippen LogP contribution in [-0.2, 0) is 19.0 Å². The summed E-state index contributed by atoms with van der Waals surface area (Å²) in [6.45, 7) is 3.68. The van der Waals surface area contributed by atoms with Crippen molar-refractivity contribution >= 4 is 33.8 Å². The van der Waals surface area contributed by atoms with Gasteiger partial charge in [-0.3, -0.25) is 0 Å². The van der Waals surface area contributed by atoms with E-state index in [4.69, 9.17) is 23.7 Å². The minimum absolute atomic E-state index is 0.0808. The van der Waals surface area contributed by atoms with Crippen molar-refractivity contribution in [3.63, 3.8) is 0 Å². The molecule has 0 radical (unpaired) electrons. The Balaban J connectivity index is 2.22. The van der Waals surface area contributed by atoms with Crippen LogP contribution in [-0.4, -0.2) is 61.7 Å². The van der Waals surface area contributed by atoms with Crippen LogP contribution in [0.25, 0.3) is 16.9 Å². The molecule has 0 aliphatic heterocycles. The van der Waals surface area contributed by atoms with Gasteiger partial charge >= 0.3 is 17.9 Å². The Morgan fingerprint density at radius 3 is 2.25 bits per heavy atom. The summed E-state index contributed by atoms with van der Waals surface area (Å²) in [4.78, 5) is 37.5. The molecule has 3 aromatic rings. The lowest BCUT2D eigenvalue weighted by Gasteiger charge is -2.15. The molecule has 0 unspecified atom stereocenters. The molecule has 0 aliphatic carbocycles. The molecule has 190 valence electrons. The van der Waals surface area contributed by atoms with Crippen LogP contribution in [0.2, 0.25) is 0 Å². The molecule has 0 saturated carbocycles. The third kappa shape index (κ3) is 5.68. The summed E-state index contributed by atoms with van der Waals surface area (Å²) in [6.07, 6.45) is 0. The SMILES string of the molecule is CCOC(=O)COc1c(Br)cc(-c2nn(-c3ccccc3)c(C(=O)OC)c2C(=O)OC)cc1OCC. The van der Waals surface area contributed by atoms with Gasteiger partial charge in [0.15, 0.2) is 23.8 Å². The first-order valence-electron chi connectivity index (χ1n) is 11.0. The molecule has 0 N–H and O–H groups in total. The Morgan fingerprint density at radius 2 is 1.64 bits per heavy atom. The highest BCUT2D eigenvalue weighted by atomic mass is 79.9. The van der Waals surface area contributed by atoms with Gasteiger partial charge in [-0.2, -0.15) is 5.10 Å². The molecule has 1 heterocycles. The fourth-order valence-corrected chi connectivity index (χ4v) is 3.95. The van der Waals surface area contributed by atoms with Crippen LogP contribution in [0.5, 0.6) is 11.5 Å². The molecule has 1 aromatic heterocycles. The van der Waals surface area contributed by atoms with Gasteiger partial charge in [-0.1, -0.05) is 18.2 Å². The number of carbonyl (C=O) groups excluding carboxylic acids is 3. The number of para-hydroxylation sites is 1. The summed E-state index contributed by atoms with van der Waals surface area (Å²) in [5.74, 6) is -1.52. The van der Waals surface area contributed by atoms with Crippen LogP contribution in [0.4, 0.5) is 0 Å². The van der Waals surface area contributed by atoms with Gasteiger partial charge in [-0.05, 0) is 54.0 Å². The fourth-order valence-electron chi connectivity index (χ4n) is 3.40. The van der Waals surface area contributed by atoms with Crippen molar-refractivity contribution in [2.45, 2.75) is 13.8 Å². The highest BCUT2D eigenvalue weighted by Gasteiger charge is 2.32. The Bertz CT molecular complexity index is 1260. The Kier molecular flexibility index (Phi) is 9.07. The highest BCUT2D eigenvalue weighted by Crippen LogP contribution is 2.41. The third-order valence-corrected chi connectivity index (χ3v) is 5.47. The molecule has 0 fully saturated rings. The van der Waals surface area contributed by atoms with E-state index in [0.29, 0.717) is 22.3 Å². The monoisotopic (exact) mass is 560 g/mol. The van der Waals surface area contributed by atoms with E-state index in [0.717, 1.165) is 0 Å². The average Bonchev–Trinajstić information content (AvgIpc) is 3.29. The first-order valence-corrected chi connectivity index (χ1v) is 11.8. The first kappa shape index (κ1) is 26.7. The van der Waals surface area contributed by atoms with Crippen LogP contribution < -0.4 is 9.47 Å². The number of methoxy groups -OCH3 is 2. The molecule has 0 saturated heterocycles. The number of ether oxygens (including phenoxy) is 5. The number of esters is 3. The van der Waals surface area contributed by atoms with Crippen LogP contribution in [0.15, 0.2) is 46.9 Å². The van der Waals surface area contributed by atoms with Gasteiger partial charge in [-0.25, -0.2) is 19.1 Å². The second-order valence-corrected chi connectivity index (χ2v) is 7.97. The predicted octanol–water partition coefficient (Wildman–Crippen LogP) is 4.22. The van der Waals surface area contributed by atoms with Crippen molar-refractivity contribution in [1.82, 2.24) is 9.78 Å². The zero-order valence-electron chi connectivity index (χ0n) is 20.2. The predicted molar refractivity (Wildman–Crippen MR) is 133 cm³/mol. The topological polar surface area (TPSA) is 115 Å². The van der Waals surface area contributed by atoms with E-state index in [1.165, 1.54) is 18.9 Å². The molecule has 0 aliphatic rings. The molecular formula is C25H25BrN2O8. The van der Waals surface area contributed by atoms with E-state index in [-0.39, 0.29) is 41.7 Å². The molecule has 11 heteroatoms. The van der Waals surface area contributed by atoms with E-state index < -0.39 is 17.9 Å². The van der Waals surface area contributed by atoms with Crippen molar-refractivity contribution in [3.8, 4) is 28.4 Å². The summed E-state index contributed by atoms with van der Waals surface area (Å²) in [7, 11) is 2.42. The molecule has 0 spiro atoms. The average molecular weight is 561 g/mol. The Morgan fingerprint density at radius 1 is 0.944 bits per heavy atom. The number of benzene rings is 2. The number of carbonyl (C=O) groups is 3. The molecule has 0 bridgehead atoms. The maximum Gasteiger partial charge on any atom is 0.357 e. The minimum Gasteiger partial charge on any atom is -0.490 e. The van der Waals surface area contributed by atoms with Crippen LogP contribution in [0, 0.1) is 0 Å². The number of nitrogens with zero attached hydrogens (tertiary/aromatic N) is 2. The maximum atomic E-state index is 12.9. The number of aromatic nitrogens is 2. The van der Waals surface area contributed by atoms with Gasteiger partial charge < -0.3 is 23.7 Å². The number of hydrogen-bond acceptors (Lipinski definition) is 9. The van der Waals surface area contributed by atoms with Crippen molar-refractivity contribution in [1.29, 1.82) is 0 Å². The normalized spacial score (nSPS) is 10.5. The summed E-state index contributed by atoms with van der Waals surface area (Å²) >= 11 is 3.45. The summed E-state index contributed by atoms with van der Waals surface area (Å²) in [5, 5.41) is 4.58. The van der Waals surface area contributed by atoms with Crippen LogP contribution >= 0.6 is 15.9 Å². The molecule has 36 heavy (non-hydrogen) atoms. The van der Waals surface area contributed by atoms with Gasteiger partial charge in [0.25, 0.3) is 0 Å². The summed E-state index contributed by atoms with van der Waals surface area (Å²) in [6, 6.07) is 12.1. The number of hydrogen-bond donors (Lipinski definition) is 0. The molecule has 0 amide bonds. The van der Waals surface area contributed by atoms with Crippen LogP contribution in [0.1, 0.15) is 34.7 Å². The fraction of sp³-hybridized carbons (Fsp3) is 0.280. The van der Waals surface area contributed by atoms with Gasteiger partial charge in [0, 0.05) is 5.56 Å². The molecular weight excluding hydrogens is 536 g/mol. The largest absolute Gasteiger partial charge is 0.490 e. The number of rotatable bonds is 10. The molecule has 10 nitrogen and oxygen atoms in total. The molecule has 3 rings (SSSR count). The van der Waals surface area contributed by atoms with E-state index in [9.17, 15) is 14.4 Å². The van der Waals surface area contributed by atoms with Gasteiger partial charge in [0.1, 0.15) is 11.3 Å². The summed E-state index contributed by atoms with van der Waals surface area (Å²) < 4.78 is 28.0. The van der Waals surface area contributed by atoms with Crippen molar-refractivity contribution in [3.05, 3.63) is 58.2 Å². The smallest absolute Gasteiger partial charge is 0.357 e.